The topological polar surface area (TPSA) is 0 Å². The lowest BCUT2D eigenvalue weighted by molar-refractivity contribution is 0.330. The fourth-order valence-corrected chi connectivity index (χ4v) is 4.56. The maximum absolute atomic E-state index is 2.50. The molecule has 18 heavy (non-hydrogen) atoms. The quantitative estimate of drug-likeness (QED) is 0.585. The van der Waals surface area contributed by atoms with Crippen LogP contribution in [-0.4, -0.2) is 0 Å². The molecule has 0 aliphatic heterocycles. The highest BCUT2D eigenvalue weighted by molar-refractivity contribution is 7.12. The molecule has 0 nitrogen and oxygen atoms in total. The Labute approximate surface area is 117 Å². The van der Waals surface area contributed by atoms with Crippen molar-refractivity contribution in [3.63, 3.8) is 0 Å². The Morgan fingerprint density at radius 3 is 2.44 bits per heavy atom. The molecule has 0 saturated heterocycles. The van der Waals surface area contributed by atoms with Crippen molar-refractivity contribution < 1.29 is 0 Å². The van der Waals surface area contributed by atoms with Crippen LogP contribution in [0.25, 0.3) is 0 Å². The summed E-state index contributed by atoms with van der Waals surface area (Å²) in [5, 5.41) is 0. The zero-order valence-electron chi connectivity index (χ0n) is 12.9. The van der Waals surface area contributed by atoms with Crippen molar-refractivity contribution in [1.82, 2.24) is 0 Å². The molecule has 1 aliphatic carbocycles. The van der Waals surface area contributed by atoms with E-state index in [1.54, 1.807) is 15.3 Å². The molecule has 102 valence electrons. The average Bonchev–Trinajstić information content (AvgIpc) is 2.66. The zero-order chi connectivity index (χ0) is 13.6. The summed E-state index contributed by atoms with van der Waals surface area (Å²) in [6, 6.07) is 2.50. The van der Waals surface area contributed by atoms with E-state index in [0.29, 0.717) is 10.8 Å². The van der Waals surface area contributed by atoms with Crippen molar-refractivity contribution in [2.24, 2.45) is 0 Å². The number of rotatable bonds is 4. The molecule has 0 bridgehead atoms. The van der Waals surface area contributed by atoms with Gasteiger partial charge < -0.3 is 0 Å². The minimum Gasteiger partial charge on any atom is -0.144 e. The monoisotopic (exact) mass is 264 g/mol. The first kappa shape index (κ1) is 14.1. The third-order valence-corrected chi connectivity index (χ3v) is 6.34. The largest absolute Gasteiger partial charge is 0.144 e. The molecule has 0 amide bonds. The fourth-order valence-electron chi connectivity index (χ4n) is 3.12. The van der Waals surface area contributed by atoms with Crippen LogP contribution in [0.3, 0.4) is 0 Å². The van der Waals surface area contributed by atoms with Gasteiger partial charge in [-0.05, 0) is 29.4 Å². The number of hydrogen-bond donors (Lipinski definition) is 0. The van der Waals surface area contributed by atoms with E-state index >= 15 is 0 Å². The Morgan fingerprint density at radius 2 is 1.89 bits per heavy atom. The van der Waals surface area contributed by atoms with E-state index in [9.17, 15) is 0 Å². The lowest BCUT2D eigenvalue weighted by Gasteiger charge is -2.44. The van der Waals surface area contributed by atoms with Crippen molar-refractivity contribution in [2.45, 2.75) is 84.0 Å². The van der Waals surface area contributed by atoms with Gasteiger partial charge in [0.2, 0.25) is 0 Å². The van der Waals surface area contributed by atoms with Gasteiger partial charge in [-0.25, -0.2) is 0 Å². The van der Waals surface area contributed by atoms with E-state index in [2.05, 4.69) is 58.9 Å². The van der Waals surface area contributed by atoms with Crippen molar-refractivity contribution in [3.05, 3.63) is 21.4 Å². The van der Waals surface area contributed by atoms with Crippen LogP contribution < -0.4 is 0 Å². The molecule has 0 fully saturated rings. The summed E-state index contributed by atoms with van der Waals surface area (Å²) >= 11 is 2.06. The van der Waals surface area contributed by atoms with Gasteiger partial charge in [0, 0.05) is 15.2 Å². The summed E-state index contributed by atoms with van der Waals surface area (Å²) in [5.41, 5.74) is 2.41. The van der Waals surface area contributed by atoms with Gasteiger partial charge in [-0.15, -0.1) is 11.3 Å². The Balaban J connectivity index is 2.18. The molecule has 0 radical (unpaired) electrons. The maximum Gasteiger partial charge on any atom is 0.0146 e. The first-order chi connectivity index (χ1) is 8.28. The Bertz CT molecular complexity index is 417. The summed E-state index contributed by atoms with van der Waals surface area (Å²) in [4.78, 5) is 3.23. The second kappa shape index (κ2) is 4.67. The summed E-state index contributed by atoms with van der Waals surface area (Å²) in [6.45, 7) is 14.2. The molecule has 0 aromatic carbocycles. The molecule has 2 rings (SSSR count). The molecule has 1 heteroatoms. The van der Waals surface area contributed by atoms with Crippen molar-refractivity contribution >= 4 is 11.3 Å². The van der Waals surface area contributed by atoms with E-state index in [-0.39, 0.29) is 0 Å². The molecule has 1 aromatic heterocycles. The summed E-state index contributed by atoms with van der Waals surface area (Å²) < 4.78 is 0. The minimum absolute atomic E-state index is 0.312. The highest BCUT2D eigenvalue weighted by Gasteiger charge is 2.46. The second-order valence-corrected chi connectivity index (χ2v) is 8.47. The van der Waals surface area contributed by atoms with Crippen LogP contribution in [0, 0.1) is 0 Å². The minimum atomic E-state index is 0.312. The van der Waals surface area contributed by atoms with Gasteiger partial charge in [-0.3, -0.25) is 0 Å². The van der Waals surface area contributed by atoms with Gasteiger partial charge in [-0.2, -0.15) is 0 Å². The molecule has 0 saturated carbocycles. The van der Waals surface area contributed by atoms with Crippen molar-refractivity contribution in [1.29, 1.82) is 0 Å². The van der Waals surface area contributed by atoms with Gasteiger partial charge in [0.1, 0.15) is 0 Å². The molecule has 1 heterocycles. The molecule has 1 aliphatic rings. The van der Waals surface area contributed by atoms with Crippen LogP contribution in [0.15, 0.2) is 6.07 Å². The molecule has 0 N–H and O–H groups in total. The van der Waals surface area contributed by atoms with Crippen LogP contribution >= 0.6 is 11.3 Å². The second-order valence-electron chi connectivity index (χ2n) is 7.42. The Kier molecular flexibility index (Phi) is 3.66. The van der Waals surface area contributed by atoms with E-state index in [1.807, 2.05) is 0 Å². The zero-order valence-corrected chi connectivity index (χ0v) is 13.7. The molecule has 1 atom stereocenters. The van der Waals surface area contributed by atoms with Crippen LogP contribution in [0.5, 0.6) is 0 Å². The smallest absolute Gasteiger partial charge is 0.0146 e. The molecule has 1 aromatic rings. The van der Waals surface area contributed by atoms with Crippen LogP contribution in [0.2, 0.25) is 0 Å². The van der Waals surface area contributed by atoms with Gasteiger partial charge in [0.05, 0.1) is 0 Å². The van der Waals surface area contributed by atoms with Crippen LogP contribution in [0.1, 0.15) is 88.5 Å². The molecule has 1 unspecified atom stereocenters. The Morgan fingerprint density at radius 1 is 1.22 bits per heavy atom. The normalized spacial score (nSPS) is 21.6. The first-order valence-corrected chi connectivity index (χ1v) is 8.24. The summed E-state index contributed by atoms with van der Waals surface area (Å²) in [6.07, 6.45) is 5.49. The van der Waals surface area contributed by atoms with E-state index in [0.717, 1.165) is 5.92 Å². The van der Waals surface area contributed by atoms with Crippen LogP contribution in [0.4, 0.5) is 0 Å². The lowest BCUT2D eigenvalue weighted by atomic mass is 9.61. The van der Waals surface area contributed by atoms with Gasteiger partial charge in [-0.1, -0.05) is 60.8 Å². The molecular weight excluding hydrogens is 236 g/mol. The summed E-state index contributed by atoms with van der Waals surface area (Å²) in [7, 11) is 0. The predicted octanol–water partition coefficient (Wildman–Crippen LogP) is 6.00. The van der Waals surface area contributed by atoms with Crippen LogP contribution in [-0.2, 0) is 10.8 Å². The van der Waals surface area contributed by atoms with Gasteiger partial charge in [0.15, 0.2) is 0 Å². The van der Waals surface area contributed by atoms with E-state index in [4.69, 9.17) is 0 Å². The number of thiophene rings is 1. The standard InChI is InChI=1S/C17H28S/c1-7-8-9-10-13-12-11-14(16(2,3)4)18-15(12)17(13,5)6/h11,13H,7-10H2,1-6H3. The first-order valence-electron chi connectivity index (χ1n) is 7.43. The molecular formula is C17H28S. The van der Waals surface area contributed by atoms with E-state index in [1.165, 1.54) is 25.7 Å². The maximum atomic E-state index is 2.50. The average molecular weight is 264 g/mol. The van der Waals surface area contributed by atoms with Crippen molar-refractivity contribution in [3.8, 4) is 0 Å². The van der Waals surface area contributed by atoms with Crippen molar-refractivity contribution in [2.75, 3.05) is 0 Å². The molecule has 0 spiro atoms. The Hall–Kier alpha value is -0.300. The highest BCUT2D eigenvalue weighted by Crippen LogP contribution is 2.58. The SMILES string of the molecule is CCCCCC1c2cc(C(C)(C)C)sc2C1(C)C. The third-order valence-electron chi connectivity index (χ3n) is 4.43. The van der Waals surface area contributed by atoms with Gasteiger partial charge in [0.25, 0.3) is 0 Å². The lowest BCUT2D eigenvalue weighted by Crippen LogP contribution is -2.36. The number of hydrogen-bond acceptors (Lipinski definition) is 1. The third kappa shape index (κ3) is 2.27. The highest BCUT2D eigenvalue weighted by atomic mass is 32.1. The van der Waals surface area contributed by atoms with Gasteiger partial charge >= 0.3 is 0 Å². The fraction of sp³-hybridized carbons (Fsp3) is 0.765. The number of fused-ring (bicyclic) bond motifs is 1. The number of unbranched alkanes of at least 4 members (excludes halogenated alkanes) is 2. The summed E-state index contributed by atoms with van der Waals surface area (Å²) in [5.74, 6) is 0.811. The predicted molar refractivity (Wildman–Crippen MR) is 82.9 cm³/mol. The van der Waals surface area contributed by atoms with E-state index < -0.39 is 0 Å².